The van der Waals surface area contributed by atoms with Crippen LogP contribution in [0.1, 0.15) is 23.8 Å². The molecule has 0 atom stereocenters. The van der Waals surface area contributed by atoms with Crippen LogP contribution in [0.2, 0.25) is 0 Å². The minimum Gasteiger partial charge on any atom is -0.454 e. The number of hydrogen-bond donors (Lipinski definition) is 0. The number of thiophene rings is 1. The summed E-state index contributed by atoms with van der Waals surface area (Å²) in [4.78, 5) is 20.4. The summed E-state index contributed by atoms with van der Waals surface area (Å²) < 4.78 is 27.2. The highest BCUT2D eigenvalue weighted by Gasteiger charge is 2.27. The van der Waals surface area contributed by atoms with Gasteiger partial charge >= 0.3 is 0 Å². The number of benzene rings is 2. The van der Waals surface area contributed by atoms with E-state index in [4.69, 9.17) is 14.5 Å². The third kappa shape index (κ3) is 3.84. The SMILES string of the molecule is O=C(C=Cc1cccs1)N1CCC(n2c(-c3ccc4c(c3)OCO4)nc3cc(F)ccc32)CC1. The fraction of sp³-hybridized carbons (Fsp3) is 0.231. The molecule has 2 aliphatic rings. The third-order valence-electron chi connectivity index (χ3n) is 6.36. The molecule has 0 unspecified atom stereocenters. The molecule has 172 valence electrons. The molecule has 0 N–H and O–H groups in total. The minimum atomic E-state index is -0.313. The lowest BCUT2D eigenvalue weighted by molar-refractivity contribution is -0.127. The van der Waals surface area contributed by atoms with E-state index in [0.717, 1.165) is 34.6 Å². The number of fused-ring (bicyclic) bond motifs is 2. The molecule has 0 saturated carbocycles. The van der Waals surface area contributed by atoms with E-state index in [1.807, 2.05) is 46.7 Å². The second-order valence-electron chi connectivity index (χ2n) is 8.41. The summed E-state index contributed by atoms with van der Waals surface area (Å²) in [5, 5.41) is 1.99. The summed E-state index contributed by atoms with van der Waals surface area (Å²) in [7, 11) is 0. The molecule has 1 amide bonds. The van der Waals surface area contributed by atoms with Gasteiger partial charge in [-0.25, -0.2) is 9.37 Å². The van der Waals surface area contributed by atoms with Crippen LogP contribution in [0.25, 0.3) is 28.5 Å². The number of aromatic nitrogens is 2. The number of carbonyl (C=O) groups is 1. The summed E-state index contributed by atoms with van der Waals surface area (Å²) in [6, 6.07) is 14.6. The number of halogens is 1. The van der Waals surface area contributed by atoms with Gasteiger partial charge in [-0.1, -0.05) is 6.07 Å². The Balaban J connectivity index is 1.29. The zero-order valence-corrected chi connectivity index (χ0v) is 19.1. The minimum absolute atomic E-state index is 0.0282. The van der Waals surface area contributed by atoms with Gasteiger partial charge in [0.25, 0.3) is 0 Å². The fourth-order valence-electron chi connectivity index (χ4n) is 4.67. The second kappa shape index (κ2) is 8.61. The van der Waals surface area contributed by atoms with Crippen LogP contribution in [0.4, 0.5) is 4.39 Å². The quantitative estimate of drug-likeness (QED) is 0.365. The number of rotatable bonds is 4. The first-order valence-corrected chi connectivity index (χ1v) is 12.1. The van der Waals surface area contributed by atoms with Crippen molar-refractivity contribution in [3.63, 3.8) is 0 Å². The van der Waals surface area contributed by atoms with Crippen LogP contribution in [0.15, 0.2) is 60.0 Å². The second-order valence-corrected chi connectivity index (χ2v) is 9.39. The maximum Gasteiger partial charge on any atom is 0.246 e. The lowest BCUT2D eigenvalue weighted by Gasteiger charge is -2.33. The van der Waals surface area contributed by atoms with E-state index in [0.29, 0.717) is 30.1 Å². The molecule has 1 saturated heterocycles. The molecule has 0 spiro atoms. The Morgan fingerprint density at radius 1 is 1.09 bits per heavy atom. The van der Waals surface area contributed by atoms with Crippen molar-refractivity contribution in [3.05, 3.63) is 70.7 Å². The van der Waals surface area contributed by atoms with Gasteiger partial charge in [0, 0.05) is 41.7 Å². The van der Waals surface area contributed by atoms with E-state index in [1.54, 1.807) is 23.5 Å². The van der Waals surface area contributed by atoms with Crippen LogP contribution in [0.3, 0.4) is 0 Å². The Morgan fingerprint density at radius 2 is 1.94 bits per heavy atom. The van der Waals surface area contributed by atoms with Gasteiger partial charge in [0.1, 0.15) is 11.6 Å². The van der Waals surface area contributed by atoms with Crippen LogP contribution in [-0.4, -0.2) is 40.2 Å². The highest BCUT2D eigenvalue weighted by Crippen LogP contribution is 2.39. The van der Waals surface area contributed by atoms with Gasteiger partial charge in [-0.05, 0) is 60.7 Å². The van der Waals surface area contributed by atoms with Crippen molar-refractivity contribution in [3.8, 4) is 22.9 Å². The molecular formula is C26H22FN3O3S. The first kappa shape index (κ1) is 20.9. The van der Waals surface area contributed by atoms with Crippen LogP contribution in [0.5, 0.6) is 11.5 Å². The summed E-state index contributed by atoms with van der Waals surface area (Å²) >= 11 is 1.61. The van der Waals surface area contributed by atoms with E-state index in [9.17, 15) is 9.18 Å². The van der Waals surface area contributed by atoms with Gasteiger partial charge in [-0.15, -0.1) is 11.3 Å². The number of nitrogens with zero attached hydrogens (tertiary/aromatic N) is 3. The number of likely N-dealkylation sites (tertiary alicyclic amines) is 1. The van der Waals surface area contributed by atoms with Crippen molar-refractivity contribution in [1.29, 1.82) is 0 Å². The monoisotopic (exact) mass is 475 g/mol. The first-order chi connectivity index (χ1) is 16.7. The van der Waals surface area contributed by atoms with Gasteiger partial charge in [0.15, 0.2) is 11.5 Å². The maximum absolute atomic E-state index is 14.0. The summed E-state index contributed by atoms with van der Waals surface area (Å²) in [5.74, 6) is 1.87. The highest BCUT2D eigenvalue weighted by molar-refractivity contribution is 7.10. The lowest BCUT2D eigenvalue weighted by Crippen LogP contribution is -2.38. The number of carbonyl (C=O) groups excluding carboxylic acids is 1. The molecule has 4 heterocycles. The van der Waals surface area contributed by atoms with E-state index in [1.165, 1.54) is 12.1 Å². The number of piperidine rings is 1. The molecule has 1 fully saturated rings. The van der Waals surface area contributed by atoms with Gasteiger partial charge in [0.2, 0.25) is 12.7 Å². The van der Waals surface area contributed by atoms with E-state index in [-0.39, 0.29) is 24.6 Å². The lowest BCUT2D eigenvalue weighted by atomic mass is 10.0. The molecule has 2 aliphatic heterocycles. The van der Waals surface area contributed by atoms with E-state index in [2.05, 4.69) is 4.57 Å². The number of amides is 1. The highest BCUT2D eigenvalue weighted by atomic mass is 32.1. The molecule has 0 bridgehead atoms. The van der Waals surface area contributed by atoms with Crippen molar-refractivity contribution in [2.45, 2.75) is 18.9 Å². The molecule has 6 rings (SSSR count). The zero-order chi connectivity index (χ0) is 23.1. The number of ether oxygens (including phenoxy) is 2. The van der Waals surface area contributed by atoms with Crippen LogP contribution < -0.4 is 9.47 Å². The molecule has 8 heteroatoms. The Labute approximate surface area is 199 Å². The molecule has 0 aliphatic carbocycles. The molecule has 2 aromatic heterocycles. The number of hydrogen-bond acceptors (Lipinski definition) is 5. The van der Waals surface area contributed by atoms with E-state index >= 15 is 0 Å². The Kier molecular flexibility index (Phi) is 5.30. The molecular weight excluding hydrogens is 453 g/mol. The normalized spacial score (nSPS) is 16.1. The standard InChI is InChI=1S/C26H22FN3O3S/c27-18-4-6-22-21(15-18)28-26(17-3-7-23-24(14-17)33-16-32-23)30(22)19-9-11-29(12-10-19)25(31)8-5-20-2-1-13-34-20/h1-8,13-15,19H,9-12,16H2. The Bertz CT molecular complexity index is 1390. The van der Waals surface area contributed by atoms with Crippen LogP contribution >= 0.6 is 11.3 Å². The number of imidazole rings is 1. The molecule has 2 aromatic carbocycles. The van der Waals surface area contributed by atoms with Gasteiger partial charge in [-0.3, -0.25) is 4.79 Å². The topological polar surface area (TPSA) is 56.6 Å². The smallest absolute Gasteiger partial charge is 0.246 e. The largest absolute Gasteiger partial charge is 0.454 e. The van der Waals surface area contributed by atoms with Gasteiger partial charge < -0.3 is 18.9 Å². The third-order valence-corrected chi connectivity index (χ3v) is 7.19. The average Bonchev–Trinajstić information content (AvgIpc) is 3.61. The van der Waals surface area contributed by atoms with Gasteiger partial charge in [0.05, 0.1) is 11.0 Å². The fourth-order valence-corrected chi connectivity index (χ4v) is 5.29. The molecule has 34 heavy (non-hydrogen) atoms. The Morgan fingerprint density at radius 3 is 2.76 bits per heavy atom. The predicted octanol–water partition coefficient (Wildman–Crippen LogP) is 5.51. The van der Waals surface area contributed by atoms with Crippen molar-refractivity contribution >= 4 is 34.4 Å². The molecule has 6 nitrogen and oxygen atoms in total. The summed E-state index contributed by atoms with van der Waals surface area (Å²) in [6.07, 6.45) is 5.10. The van der Waals surface area contributed by atoms with Gasteiger partial charge in [-0.2, -0.15) is 0 Å². The van der Waals surface area contributed by atoms with Crippen LogP contribution in [-0.2, 0) is 4.79 Å². The van der Waals surface area contributed by atoms with Crippen molar-refractivity contribution in [2.24, 2.45) is 0 Å². The summed E-state index contributed by atoms with van der Waals surface area (Å²) in [6.45, 7) is 1.51. The first-order valence-electron chi connectivity index (χ1n) is 11.2. The van der Waals surface area contributed by atoms with Crippen molar-refractivity contribution in [1.82, 2.24) is 14.5 Å². The van der Waals surface area contributed by atoms with Crippen LogP contribution in [0, 0.1) is 5.82 Å². The molecule has 0 radical (unpaired) electrons. The predicted molar refractivity (Wildman–Crippen MR) is 129 cm³/mol. The van der Waals surface area contributed by atoms with Crippen molar-refractivity contribution in [2.75, 3.05) is 19.9 Å². The van der Waals surface area contributed by atoms with Crippen molar-refractivity contribution < 1.29 is 18.7 Å². The van der Waals surface area contributed by atoms with E-state index < -0.39 is 0 Å². The zero-order valence-electron chi connectivity index (χ0n) is 18.3. The Hall–Kier alpha value is -3.65. The average molecular weight is 476 g/mol. The molecule has 4 aromatic rings. The summed E-state index contributed by atoms with van der Waals surface area (Å²) in [5.41, 5.74) is 2.39. The maximum atomic E-state index is 14.0.